The van der Waals surface area contributed by atoms with E-state index in [9.17, 15) is 14.4 Å². The van der Waals surface area contributed by atoms with Crippen LogP contribution in [-0.2, 0) is 14.2 Å². The number of amides is 3. The molecule has 4 aliphatic rings. The van der Waals surface area contributed by atoms with E-state index in [4.69, 9.17) is 95.4 Å². The van der Waals surface area contributed by atoms with Crippen LogP contribution in [0, 0.1) is 0 Å². The average Bonchev–Trinajstić information content (AvgIpc) is 3.35. The minimum atomic E-state index is -0.476. The molecule has 4 aromatic rings. The molecule has 4 aromatic heterocycles. The van der Waals surface area contributed by atoms with Gasteiger partial charge >= 0.3 is 18.3 Å². The second kappa shape index (κ2) is 32.3. The van der Waals surface area contributed by atoms with Crippen LogP contribution < -0.4 is 25.3 Å². The van der Waals surface area contributed by atoms with E-state index in [1.54, 1.807) is 51.6 Å². The Morgan fingerprint density at radius 2 is 0.779 bits per heavy atom. The molecule has 0 saturated carbocycles. The van der Waals surface area contributed by atoms with Gasteiger partial charge in [-0.25, -0.2) is 34.3 Å². The van der Waals surface area contributed by atoms with Crippen molar-refractivity contribution in [2.75, 3.05) is 119 Å². The highest BCUT2D eigenvalue weighted by Gasteiger charge is 2.29. The molecule has 3 amide bonds. The van der Waals surface area contributed by atoms with Gasteiger partial charge in [0.25, 0.3) is 0 Å². The Morgan fingerprint density at radius 1 is 0.442 bits per heavy atom. The van der Waals surface area contributed by atoms with Gasteiger partial charge in [-0.05, 0) is 98.7 Å². The fourth-order valence-corrected chi connectivity index (χ4v) is 8.61. The van der Waals surface area contributed by atoms with Crippen molar-refractivity contribution in [2.24, 2.45) is 0 Å². The van der Waals surface area contributed by atoms with Crippen molar-refractivity contribution in [1.29, 1.82) is 0 Å². The Morgan fingerprint density at radius 3 is 1.14 bits per heavy atom. The quantitative estimate of drug-likeness (QED) is 0.146. The summed E-state index contributed by atoms with van der Waals surface area (Å²) < 4.78 is 16.0. The van der Waals surface area contributed by atoms with Gasteiger partial charge in [0.1, 0.15) is 47.5 Å². The summed E-state index contributed by atoms with van der Waals surface area (Å²) in [5.74, 6) is 0. The number of ether oxygens (including phenoxy) is 3. The lowest BCUT2D eigenvalue weighted by Crippen LogP contribution is -2.50. The van der Waals surface area contributed by atoms with Crippen LogP contribution in [0.4, 0.5) is 31.4 Å². The van der Waals surface area contributed by atoms with Gasteiger partial charge in [0.15, 0.2) is 0 Å². The number of piperazine rings is 4. The first-order valence-corrected chi connectivity index (χ1v) is 27.4. The number of pyridine rings is 4. The molecule has 18 nitrogen and oxygen atoms in total. The van der Waals surface area contributed by atoms with E-state index < -0.39 is 11.2 Å². The van der Waals surface area contributed by atoms with E-state index in [1.807, 2.05) is 86.6 Å². The van der Waals surface area contributed by atoms with Crippen LogP contribution in [0.15, 0.2) is 61.2 Å². The highest BCUT2D eigenvalue weighted by molar-refractivity contribution is 6.43. The lowest BCUT2D eigenvalue weighted by atomic mass is 10.2. The standard InChI is InChI=1S/C14H19Cl2N3O2.C14H20ClN3O2.C9H11Cl2N3.C9H18N2O2.C5H3Cl2N.ClH/c1-14(2,3)21-13(20)19-8-6-18(7-9-19)10-4-5-17-12(16)11(10)15;1-14(2,3)20-13(19)18-8-6-17(7-9-18)11-4-5-16-12(15)10-11;10-8-7(1-2-13-9(8)11)14-5-3-12-4-6-14;1-9(2,3)13-8(12)11-6-4-10-5-7-11;6-4-1-2-8-5(7)3-4;/h4-5H,6-9H2,1-3H3;4-5,10H,6-9H2,1-3H3;1-2,12H,3-6H2;10H,4-7H2,1-3H3;1-3H;1H. The molecule has 26 heteroatoms. The summed E-state index contributed by atoms with van der Waals surface area (Å²) >= 11 is 40.9. The Balaban J connectivity index is 0.000000260. The number of nitrogens with one attached hydrogen (secondary N) is 2. The maximum atomic E-state index is 12.0. The Hall–Kier alpha value is -3.95. The molecule has 8 heterocycles. The van der Waals surface area contributed by atoms with Crippen LogP contribution in [0.2, 0.25) is 35.7 Å². The van der Waals surface area contributed by atoms with E-state index in [1.165, 1.54) is 0 Å². The predicted octanol–water partition coefficient (Wildman–Crippen LogP) is 11.7. The van der Waals surface area contributed by atoms with Gasteiger partial charge in [-0.3, -0.25) is 0 Å². The second-order valence-corrected chi connectivity index (χ2v) is 23.0. The van der Waals surface area contributed by atoms with Gasteiger partial charge in [-0.2, -0.15) is 0 Å². The molecule has 0 aliphatic carbocycles. The molecule has 8 rings (SSSR count). The molecule has 0 unspecified atom stereocenters. The van der Waals surface area contributed by atoms with Crippen LogP contribution in [0.3, 0.4) is 0 Å². The Kier molecular flexibility index (Phi) is 28.3. The number of halogens is 8. The number of carbonyl (C=O) groups is 3. The number of rotatable bonds is 3. The van der Waals surface area contributed by atoms with Crippen molar-refractivity contribution < 1.29 is 28.6 Å². The minimum Gasteiger partial charge on any atom is -0.444 e. The molecule has 0 radical (unpaired) electrons. The summed E-state index contributed by atoms with van der Waals surface area (Å²) in [5, 5.41) is 9.67. The first kappa shape index (κ1) is 67.3. The van der Waals surface area contributed by atoms with E-state index in [-0.39, 0.29) is 36.3 Å². The van der Waals surface area contributed by atoms with Crippen LogP contribution >= 0.6 is 93.6 Å². The maximum absolute atomic E-state index is 12.0. The molecule has 0 spiro atoms. The SMILES string of the molecule is CC(C)(C)OC(=O)N1CCN(c2ccnc(Cl)c2)CC1.CC(C)(C)OC(=O)N1CCN(c2ccnc(Cl)c2Cl)CC1.CC(C)(C)OC(=O)N1CCNCC1.Cl.Clc1ccnc(Cl)c1.Clc1nccc(N2CCNCC2)c1Cl. The van der Waals surface area contributed by atoms with Gasteiger partial charge in [-0.1, -0.05) is 81.2 Å². The van der Waals surface area contributed by atoms with Gasteiger partial charge in [0.2, 0.25) is 0 Å². The third-order valence-corrected chi connectivity index (χ3v) is 13.0. The van der Waals surface area contributed by atoms with Gasteiger partial charge in [0.05, 0.1) is 11.4 Å². The third-order valence-electron chi connectivity index (χ3n) is 10.8. The minimum absolute atomic E-state index is 0. The highest BCUT2D eigenvalue weighted by Crippen LogP contribution is 2.32. The molecule has 428 valence electrons. The summed E-state index contributed by atoms with van der Waals surface area (Å²) in [6, 6.07) is 10.8. The molecule has 4 fully saturated rings. The molecule has 0 aromatic carbocycles. The van der Waals surface area contributed by atoms with E-state index in [0.717, 1.165) is 82.5 Å². The maximum Gasteiger partial charge on any atom is 0.410 e. The summed E-state index contributed by atoms with van der Waals surface area (Å²) in [6.45, 7) is 29.3. The predicted molar refractivity (Wildman–Crippen MR) is 315 cm³/mol. The molecule has 4 aliphatic heterocycles. The second-order valence-electron chi connectivity index (χ2n) is 20.4. The summed E-state index contributed by atoms with van der Waals surface area (Å²) in [7, 11) is 0. The van der Waals surface area contributed by atoms with Crippen LogP contribution in [0.5, 0.6) is 0 Å². The largest absolute Gasteiger partial charge is 0.444 e. The fraction of sp³-hybridized carbons (Fsp3) is 0.549. The van der Waals surface area contributed by atoms with Crippen molar-refractivity contribution in [3.8, 4) is 0 Å². The normalized spacial score (nSPS) is 15.8. The van der Waals surface area contributed by atoms with E-state index in [2.05, 4.69) is 45.3 Å². The van der Waals surface area contributed by atoms with Crippen LogP contribution in [0.25, 0.3) is 0 Å². The van der Waals surface area contributed by atoms with Gasteiger partial charge in [-0.15, -0.1) is 12.4 Å². The number of hydrogen-bond acceptors (Lipinski definition) is 15. The highest BCUT2D eigenvalue weighted by atomic mass is 35.5. The van der Waals surface area contributed by atoms with E-state index >= 15 is 0 Å². The number of hydrogen-bond donors (Lipinski definition) is 2. The topological polar surface area (TPSA) is 174 Å². The zero-order valence-electron chi connectivity index (χ0n) is 45.1. The van der Waals surface area contributed by atoms with Crippen LogP contribution in [0.1, 0.15) is 62.3 Å². The lowest BCUT2D eigenvalue weighted by molar-refractivity contribution is 0.0221. The van der Waals surface area contributed by atoms with Crippen molar-refractivity contribution in [3.63, 3.8) is 0 Å². The molecule has 77 heavy (non-hydrogen) atoms. The van der Waals surface area contributed by atoms with Crippen molar-refractivity contribution in [2.45, 2.75) is 79.1 Å². The van der Waals surface area contributed by atoms with Crippen molar-refractivity contribution in [3.05, 3.63) is 96.9 Å². The summed E-state index contributed by atoms with van der Waals surface area (Å²) in [5.41, 5.74) is 1.55. The average molecular weight is 1230 g/mol. The number of nitrogens with zero attached hydrogens (tertiary/aromatic N) is 10. The molecule has 4 saturated heterocycles. The molecule has 0 atom stereocenters. The Labute approximate surface area is 495 Å². The van der Waals surface area contributed by atoms with Crippen molar-refractivity contribution >= 4 is 129 Å². The number of aromatic nitrogens is 4. The van der Waals surface area contributed by atoms with Gasteiger partial charge < -0.3 is 54.2 Å². The van der Waals surface area contributed by atoms with Crippen LogP contribution in [-0.4, -0.2) is 174 Å². The smallest absolute Gasteiger partial charge is 0.410 e. The monoisotopic (exact) mass is 1230 g/mol. The first-order chi connectivity index (χ1) is 35.7. The molecular weight excluding hydrogens is 1160 g/mol. The summed E-state index contributed by atoms with van der Waals surface area (Å²) in [4.78, 5) is 62.7. The third kappa shape index (κ3) is 24.9. The first-order valence-electron chi connectivity index (χ1n) is 24.8. The molecule has 0 bridgehead atoms. The Bertz CT molecular complexity index is 2440. The lowest BCUT2D eigenvalue weighted by Gasteiger charge is -2.37. The summed E-state index contributed by atoms with van der Waals surface area (Å²) in [6.07, 6.45) is 5.85. The fourth-order valence-electron chi connectivity index (χ4n) is 7.28. The van der Waals surface area contributed by atoms with Crippen molar-refractivity contribution in [1.82, 2.24) is 45.3 Å². The zero-order valence-corrected chi connectivity index (χ0v) is 51.2. The number of carbonyl (C=O) groups excluding carboxylic acids is 3. The molecular formula is C51H72Cl8N12O6. The van der Waals surface area contributed by atoms with Gasteiger partial charge in [0, 0.05) is 140 Å². The number of anilines is 3. The van der Waals surface area contributed by atoms with E-state index in [0.29, 0.717) is 74.9 Å². The molecule has 2 N–H and O–H groups in total. The zero-order chi connectivity index (χ0) is 56.2.